The van der Waals surface area contributed by atoms with Gasteiger partial charge in [0.15, 0.2) is 11.5 Å². The first-order valence-electron chi connectivity index (χ1n) is 8.51. The third-order valence-electron chi connectivity index (χ3n) is 4.52. The minimum absolute atomic E-state index is 0.00435. The molecule has 1 aliphatic rings. The average molecular weight is 327 g/mol. The molecule has 24 heavy (non-hydrogen) atoms. The molecule has 0 bridgehead atoms. The van der Waals surface area contributed by atoms with E-state index in [1.807, 2.05) is 18.2 Å². The number of fused-ring (bicyclic) bond motifs is 1. The molecule has 0 fully saturated rings. The largest absolute Gasteiger partial charge is 0.493 e. The summed E-state index contributed by atoms with van der Waals surface area (Å²) in [4.78, 5) is 0. The van der Waals surface area contributed by atoms with Crippen LogP contribution in [0.25, 0.3) is 0 Å². The first kappa shape index (κ1) is 16.8. The number of aryl methyl sites for hydroxylation is 1. The Hall–Kier alpha value is -2.04. The third-order valence-corrected chi connectivity index (χ3v) is 4.52. The SMILES string of the molecule is COc1cc(CNC2CCc3ccccc3C2)ccc1OCCO. The van der Waals surface area contributed by atoms with Crippen LogP contribution in [-0.2, 0) is 19.4 Å². The summed E-state index contributed by atoms with van der Waals surface area (Å²) in [6.07, 6.45) is 3.40. The van der Waals surface area contributed by atoms with Crippen molar-refractivity contribution in [1.82, 2.24) is 5.32 Å². The number of ether oxygens (including phenoxy) is 2. The van der Waals surface area contributed by atoms with E-state index in [0.717, 1.165) is 19.4 Å². The molecular weight excluding hydrogens is 302 g/mol. The molecule has 3 rings (SSSR count). The van der Waals surface area contributed by atoms with E-state index >= 15 is 0 Å². The van der Waals surface area contributed by atoms with E-state index in [0.29, 0.717) is 17.5 Å². The lowest BCUT2D eigenvalue weighted by Crippen LogP contribution is -2.34. The number of nitrogens with one attached hydrogen (secondary N) is 1. The molecular formula is C20H25NO3. The monoisotopic (exact) mass is 327 g/mol. The Kier molecular flexibility index (Phi) is 5.72. The summed E-state index contributed by atoms with van der Waals surface area (Å²) in [6, 6.07) is 15.2. The van der Waals surface area contributed by atoms with Gasteiger partial charge in [-0.05, 0) is 48.1 Å². The van der Waals surface area contributed by atoms with Crippen LogP contribution in [0.15, 0.2) is 42.5 Å². The molecule has 0 saturated carbocycles. The van der Waals surface area contributed by atoms with Crippen LogP contribution in [0.1, 0.15) is 23.1 Å². The molecule has 0 aromatic heterocycles. The van der Waals surface area contributed by atoms with Crippen molar-refractivity contribution in [3.63, 3.8) is 0 Å². The van der Waals surface area contributed by atoms with Gasteiger partial charge in [0.2, 0.25) is 0 Å². The smallest absolute Gasteiger partial charge is 0.161 e. The van der Waals surface area contributed by atoms with Crippen LogP contribution >= 0.6 is 0 Å². The van der Waals surface area contributed by atoms with Crippen LogP contribution in [0.4, 0.5) is 0 Å². The summed E-state index contributed by atoms with van der Waals surface area (Å²) in [5, 5.41) is 12.5. The number of benzene rings is 2. The molecule has 128 valence electrons. The Morgan fingerprint density at radius 1 is 1.12 bits per heavy atom. The van der Waals surface area contributed by atoms with Gasteiger partial charge in [-0.1, -0.05) is 30.3 Å². The standard InChI is InChI=1S/C20H25NO3/c1-23-20-12-15(6-9-19(20)24-11-10-22)14-21-18-8-7-16-4-2-3-5-17(16)13-18/h2-6,9,12,18,21-22H,7-8,10-11,13-14H2,1H3. The number of aliphatic hydroxyl groups is 1. The molecule has 2 N–H and O–H groups in total. The van der Waals surface area contributed by atoms with Crippen LogP contribution < -0.4 is 14.8 Å². The molecule has 2 aromatic carbocycles. The molecule has 4 heteroatoms. The summed E-state index contributed by atoms with van der Waals surface area (Å²) in [6.45, 7) is 1.08. The first-order chi connectivity index (χ1) is 11.8. The molecule has 4 nitrogen and oxygen atoms in total. The zero-order chi connectivity index (χ0) is 16.8. The number of hydrogen-bond donors (Lipinski definition) is 2. The van der Waals surface area contributed by atoms with E-state index in [-0.39, 0.29) is 13.2 Å². The van der Waals surface area contributed by atoms with Crippen molar-refractivity contribution in [1.29, 1.82) is 0 Å². The maximum atomic E-state index is 8.87. The van der Waals surface area contributed by atoms with Gasteiger partial charge in [0.05, 0.1) is 13.7 Å². The summed E-state index contributed by atoms with van der Waals surface area (Å²) in [7, 11) is 1.64. The van der Waals surface area contributed by atoms with Gasteiger partial charge < -0.3 is 19.9 Å². The van der Waals surface area contributed by atoms with Crippen LogP contribution in [-0.4, -0.2) is 31.5 Å². The molecule has 2 aromatic rings. The van der Waals surface area contributed by atoms with Crippen molar-refractivity contribution in [2.45, 2.75) is 31.8 Å². The lowest BCUT2D eigenvalue weighted by atomic mass is 9.88. The van der Waals surface area contributed by atoms with Crippen molar-refractivity contribution in [3.8, 4) is 11.5 Å². The third kappa shape index (κ3) is 4.08. The van der Waals surface area contributed by atoms with Gasteiger partial charge in [0.25, 0.3) is 0 Å². The molecule has 0 spiro atoms. The van der Waals surface area contributed by atoms with E-state index in [9.17, 15) is 0 Å². The van der Waals surface area contributed by atoms with Crippen LogP contribution in [0.3, 0.4) is 0 Å². The van der Waals surface area contributed by atoms with Gasteiger partial charge in [-0.25, -0.2) is 0 Å². The summed E-state index contributed by atoms with van der Waals surface area (Å²) >= 11 is 0. The quantitative estimate of drug-likeness (QED) is 0.821. The van der Waals surface area contributed by atoms with Gasteiger partial charge in [0, 0.05) is 12.6 Å². The van der Waals surface area contributed by atoms with Crippen molar-refractivity contribution in [2.24, 2.45) is 0 Å². The maximum Gasteiger partial charge on any atom is 0.161 e. The predicted octanol–water partition coefficient (Wildman–Crippen LogP) is 2.71. The zero-order valence-corrected chi connectivity index (χ0v) is 14.1. The first-order valence-corrected chi connectivity index (χ1v) is 8.51. The van der Waals surface area contributed by atoms with E-state index in [1.165, 1.54) is 23.1 Å². The molecule has 1 atom stereocenters. The lowest BCUT2D eigenvalue weighted by molar-refractivity contribution is 0.196. The van der Waals surface area contributed by atoms with Crippen molar-refractivity contribution >= 4 is 0 Å². The van der Waals surface area contributed by atoms with E-state index in [4.69, 9.17) is 14.6 Å². The second kappa shape index (κ2) is 8.18. The molecule has 0 amide bonds. The van der Waals surface area contributed by atoms with Gasteiger partial charge in [-0.15, -0.1) is 0 Å². The Bertz CT molecular complexity index is 672. The Labute approximate surface area is 143 Å². The molecule has 1 unspecified atom stereocenters. The Balaban J connectivity index is 1.59. The number of rotatable bonds is 7. The maximum absolute atomic E-state index is 8.87. The average Bonchev–Trinajstić information content (AvgIpc) is 2.64. The Morgan fingerprint density at radius 2 is 1.96 bits per heavy atom. The van der Waals surface area contributed by atoms with Gasteiger partial charge in [-0.3, -0.25) is 0 Å². The van der Waals surface area contributed by atoms with E-state index in [2.05, 4.69) is 29.6 Å². The highest BCUT2D eigenvalue weighted by molar-refractivity contribution is 5.43. The van der Waals surface area contributed by atoms with Gasteiger partial charge >= 0.3 is 0 Å². The molecule has 1 aliphatic carbocycles. The number of methoxy groups -OCH3 is 1. The van der Waals surface area contributed by atoms with Gasteiger partial charge in [0.1, 0.15) is 6.61 Å². The number of aliphatic hydroxyl groups excluding tert-OH is 1. The minimum atomic E-state index is -0.00435. The van der Waals surface area contributed by atoms with Crippen LogP contribution in [0.2, 0.25) is 0 Å². The highest BCUT2D eigenvalue weighted by Crippen LogP contribution is 2.28. The number of hydrogen-bond acceptors (Lipinski definition) is 4. The minimum Gasteiger partial charge on any atom is -0.493 e. The molecule has 0 radical (unpaired) electrons. The van der Waals surface area contributed by atoms with Crippen LogP contribution in [0.5, 0.6) is 11.5 Å². The highest BCUT2D eigenvalue weighted by Gasteiger charge is 2.17. The van der Waals surface area contributed by atoms with E-state index < -0.39 is 0 Å². The second-order valence-corrected chi connectivity index (χ2v) is 6.15. The normalized spacial score (nSPS) is 16.5. The molecule has 0 saturated heterocycles. The molecule has 0 heterocycles. The summed E-state index contributed by atoms with van der Waals surface area (Å²) in [5.74, 6) is 1.37. The van der Waals surface area contributed by atoms with Gasteiger partial charge in [-0.2, -0.15) is 0 Å². The van der Waals surface area contributed by atoms with E-state index in [1.54, 1.807) is 7.11 Å². The fraction of sp³-hybridized carbons (Fsp3) is 0.400. The van der Waals surface area contributed by atoms with Crippen molar-refractivity contribution in [2.75, 3.05) is 20.3 Å². The highest BCUT2D eigenvalue weighted by atomic mass is 16.5. The topological polar surface area (TPSA) is 50.7 Å². The Morgan fingerprint density at radius 3 is 2.75 bits per heavy atom. The lowest BCUT2D eigenvalue weighted by Gasteiger charge is -2.25. The summed E-state index contributed by atoms with van der Waals surface area (Å²) < 4.78 is 10.9. The predicted molar refractivity (Wildman–Crippen MR) is 94.7 cm³/mol. The second-order valence-electron chi connectivity index (χ2n) is 6.15. The molecule has 0 aliphatic heterocycles. The zero-order valence-electron chi connectivity index (χ0n) is 14.1. The summed E-state index contributed by atoms with van der Waals surface area (Å²) in [5.41, 5.74) is 4.12. The van der Waals surface area contributed by atoms with Crippen LogP contribution in [0, 0.1) is 0 Å². The van der Waals surface area contributed by atoms with Crippen molar-refractivity contribution < 1.29 is 14.6 Å². The fourth-order valence-corrected chi connectivity index (χ4v) is 3.23. The van der Waals surface area contributed by atoms with Crippen molar-refractivity contribution in [3.05, 3.63) is 59.2 Å². The fourth-order valence-electron chi connectivity index (χ4n) is 3.23.